The minimum atomic E-state index is -2.39. The van der Waals surface area contributed by atoms with Gasteiger partial charge in [0.2, 0.25) is 0 Å². The van der Waals surface area contributed by atoms with Crippen molar-refractivity contribution in [3.05, 3.63) is 28.7 Å². The summed E-state index contributed by atoms with van der Waals surface area (Å²) in [6.07, 6.45) is 0. The second kappa shape index (κ2) is 7.58. The maximum Gasteiger partial charge on any atom is 1.00 e. The third-order valence-electron chi connectivity index (χ3n) is 1.14. The minimum Gasteiger partial charge on any atom is -1.00 e. The van der Waals surface area contributed by atoms with Crippen LogP contribution in [0.4, 0.5) is 8.63 Å². The van der Waals surface area contributed by atoms with E-state index in [1.165, 1.54) is 6.07 Å². The fraction of sp³-hybridized carbons (Fsp3) is 0. The molecule has 0 nitrogen and oxygen atoms in total. The first-order valence-corrected chi connectivity index (χ1v) is 3.53. The Kier molecular flexibility index (Phi) is 9.89. The van der Waals surface area contributed by atoms with Gasteiger partial charge in [-0.15, -0.1) is 0 Å². The molecule has 1 rings (SSSR count). The van der Waals surface area contributed by atoms with Crippen LogP contribution in [-0.4, -0.2) is 7.27 Å². The molecule has 0 aliphatic rings. The second-order valence-electron chi connectivity index (χ2n) is 1.82. The number of halogens is 4. The van der Waals surface area contributed by atoms with Gasteiger partial charge in [0.1, 0.15) is 0 Å². The maximum atomic E-state index is 12.0. The average Bonchev–Trinajstić information content (AvgIpc) is 1.88. The molecule has 0 saturated heterocycles. The summed E-state index contributed by atoms with van der Waals surface area (Å²) in [5, 5.41) is 0. The van der Waals surface area contributed by atoms with E-state index in [4.69, 9.17) is 0 Å². The van der Waals surface area contributed by atoms with Crippen molar-refractivity contribution in [3.8, 4) is 0 Å². The van der Waals surface area contributed by atoms with Crippen molar-refractivity contribution in [1.29, 1.82) is 0 Å². The Balaban J connectivity index is 0. The molecule has 0 bridgehead atoms. The molecule has 1 aromatic carbocycles. The van der Waals surface area contributed by atoms with Gasteiger partial charge < -0.3 is 4.70 Å². The largest absolute Gasteiger partial charge is 1.00 e. The van der Waals surface area contributed by atoms with E-state index in [-0.39, 0.29) is 61.6 Å². The molecule has 0 spiro atoms. The van der Waals surface area contributed by atoms with Gasteiger partial charge in [-0.05, 0) is 6.07 Å². The first-order valence-electron chi connectivity index (χ1n) is 2.74. The van der Waals surface area contributed by atoms with Crippen LogP contribution >= 0.6 is 15.9 Å². The Bertz CT molecular complexity index is 234. The van der Waals surface area contributed by atoms with Crippen molar-refractivity contribution >= 4 is 28.7 Å². The molecule has 0 aromatic heterocycles. The standard InChI is InChI=1S/C6H4BBrF2.FH.K/c8-6-4-2-1-3-5(6)7(9)10;;/h1-4H;1H;/q;;+1/p-1. The quantitative estimate of drug-likeness (QED) is 0.454. The summed E-state index contributed by atoms with van der Waals surface area (Å²) in [5.41, 5.74) is 0.0440. The molecular weight excluding hydrogens is 259 g/mol. The predicted molar refractivity (Wildman–Crippen MR) is 41.7 cm³/mol. The normalized spacial score (nSPS) is 7.92. The van der Waals surface area contributed by atoms with E-state index in [1.807, 2.05) is 0 Å². The molecule has 12 heavy (non-hydrogen) atoms. The van der Waals surface area contributed by atoms with Crippen LogP contribution in [0.3, 0.4) is 0 Å². The van der Waals surface area contributed by atoms with Crippen LogP contribution in [0, 0.1) is 0 Å². The van der Waals surface area contributed by atoms with Crippen LogP contribution in [0.1, 0.15) is 0 Å². The zero-order chi connectivity index (χ0) is 7.56. The Hall–Kier alpha value is 1.19. The SMILES string of the molecule is FB(F)c1ccccc1Br.[F-].[K+]. The van der Waals surface area contributed by atoms with Gasteiger partial charge in [-0.1, -0.05) is 34.1 Å². The minimum absolute atomic E-state index is 0. The van der Waals surface area contributed by atoms with Crippen LogP contribution in [0.25, 0.3) is 0 Å². The smallest absolute Gasteiger partial charge is 1.00 e. The summed E-state index contributed by atoms with van der Waals surface area (Å²) >= 11 is 3.02. The molecule has 0 aliphatic carbocycles. The monoisotopic (exact) mass is 262 g/mol. The van der Waals surface area contributed by atoms with Crippen molar-refractivity contribution in [2.24, 2.45) is 0 Å². The maximum absolute atomic E-state index is 12.0. The summed E-state index contributed by atoms with van der Waals surface area (Å²) in [5.74, 6) is 0. The molecule has 0 N–H and O–H groups in total. The zero-order valence-corrected chi connectivity index (χ0v) is 11.1. The Morgan fingerprint density at radius 3 is 2.00 bits per heavy atom. The number of hydrogen-bond acceptors (Lipinski definition) is 0. The second-order valence-corrected chi connectivity index (χ2v) is 2.68. The van der Waals surface area contributed by atoms with Gasteiger partial charge in [-0.3, -0.25) is 8.63 Å². The third-order valence-corrected chi connectivity index (χ3v) is 1.86. The first kappa shape index (κ1) is 15.7. The van der Waals surface area contributed by atoms with Gasteiger partial charge in [-0.2, -0.15) is 0 Å². The van der Waals surface area contributed by atoms with Crippen LogP contribution in [0.5, 0.6) is 0 Å². The number of rotatable bonds is 1. The van der Waals surface area contributed by atoms with E-state index < -0.39 is 7.27 Å². The van der Waals surface area contributed by atoms with Crippen molar-refractivity contribution in [3.63, 3.8) is 0 Å². The summed E-state index contributed by atoms with van der Waals surface area (Å²) in [6, 6.07) is 6.29. The fourth-order valence-electron chi connectivity index (χ4n) is 0.652. The Morgan fingerprint density at radius 2 is 1.67 bits per heavy atom. The van der Waals surface area contributed by atoms with Crippen LogP contribution < -0.4 is 61.6 Å². The molecular formula is C6H4BBrF3K. The molecule has 0 radical (unpaired) electrons. The van der Waals surface area contributed by atoms with Gasteiger partial charge in [0.15, 0.2) is 0 Å². The molecule has 0 saturated carbocycles. The number of hydrogen-bond donors (Lipinski definition) is 0. The van der Waals surface area contributed by atoms with E-state index in [0.29, 0.717) is 4.47 Å². The van der Waals surface area contributed by atoms with Gasteiger partial charge in [0.05, 0.1) is 0 Å². The van der Waals surface area contributed by atoms with Crippen molar-refractivity contribution < 1.29 is 64.7 Å². The van der Waals surface area contributed by atoms with E-state index in [2.05, 4.69) is 15.9 Å². The average molecular weight is 263 g/mol. The summed E-state index contributed by atoms with van der Waals surface area (Å²) in [7, 11) is -2.39. The first-order chi connectivity index (χ1) is 4.72. The summed E-state index contributed by atoms with van der Waals surface area (Å²) in [4.78, 5) is 0. The Morgan fingerprint density at radius 1 is 1.17 bits per heavy atom. The van der Waals surface area contributed by atoms with Crippen molar-refractivity contribution in [2.45, 2.75) is 0 Å². The van der Waals surface area contributed by atoms with E-state index in [9.17, 15) is 8.63 Å². The van der Waals surface area contributed by atoms with E-state index in [0.717, 1.165) is 0 Å². The molecule has 0 aliphatic heterocycles. The molecule has 60 valence electrons. The molecule has 0 atom stereocenters. The molecule has 0 unspecified atom stereocenters. The molecule has 6 heteroatoms. The van der Waals surface area contributed by atoms with Crippen LogP contribution in [0.15, 0.2) is 28.7 Å². The van der Waals surface area contributed by atoms with Gasteiger partial charge in [-0.25, -0.2) is 0 Å². The van der Waals surface area contributed by atoms with E-state index in [1.54, 1.807) is 18.2 Å². The van der Waals surface area contributed by atoms with Crippen molar-refractivity contribution in [2.75, 3.05) is 0 Å². The van der Waals surface area contributed by atoms with Crippen LogP contribution in [-0.2, 0) is 0 Å². The van der Waals surface area contributed by atoms with Gasteiger partial charge in [0.25, 0.3) is 0 Å². The van der Waals surface area contributed by atoms with Gasteiger partial charge >= 0.3 is 58.7 Å². The topological polar surface area (TPSA) is 0 Å². The Labute approximate surface area is 120 Å². The molecule has 0 heterocycles. The predicted octanol–water partition coefficient (Wildman–Crippen LogP) is -3.91. The zero-order valence-electron chi connectivity index (χ0n) is 6.40. The molecule has 0 amide bonds. The van der Waals surface area contributed by atoms with Crippen LogP contribution in [0.2, 0.25) is 0 Å². The number of benzene rings is 1. The fourth-order valence-corrected chi connectivity index (χ4v) is 1.11. The van der Waals surface area contributed by atoms with Crippen molar-refractivity contribution in [1.82, 2.24) is 0 Å². The molecule has 0 fully saturated rings. The summed E-state index contributed by atoms with van der Waals surface area (Å²) in [6.45, 7) is 0. The molecule has 1 aromatic rings. The third kappa shape index (κ3) is 4.43. The van der Waals surface area contributed by atoms with E-state index >= 15 is 0 Å². The summed E-state index contributed by atoms with van der Waals surface area (Å²) < 4.78 is 24.5. The van der Waals surface area contributed by atoms with Gasteiger partial charge in [0, 0.05) is 9.94 Å².